The maximum atomic E-state index is 12.9. The average molecular weight is 518 g/mol. The molecule has 3 aromatic carbocycles. The highest BCUT2D eigenvalue weighted by atomic mass is 19.4. The number of methoxy groups -OCH3 is 1. The van der Waals surface area contributed by atoms with Crippen LogP contribution in [0.4, 0.5) is 24.5 Å². The number of hydrazone groups is 1. The minimum atomic E-state index is -4.46. The summed E-state index contributed by atoms with van der Waals surface area (Å²) in [7, 11) is 1.61. The van der Waals surface area contributed by atoms with Crippen LogP contribution in [-0.2, 0) is 6.18 Å². The van der Waals surface area contributed by atoms with E-state index >= 15 is 0 Å². The number of nitrogens with zero attached hydrogens (tertiary/aromatic N) is 2. The molecule has 0 aliphatic carbocycles. The number of carbonyl (C=O) groups excluding carboxylic acids is 1. The van der Waals surface area contributed by atoms with Gasteiger partial charge in [-0.1, -0.05) is 24.3 Å². The highest BCUT2D eigenvalue weighted by molar-refractivity contribution is 6.00. The van der Waals surface area contributed by atoms with E-state index in [2.05, 4.69) is 25.8 Å². The van der Waals surface area contributed by atoms with E-state index in [1.165, 1.54) is 12.1 Å². The molecule has 10 heteroatoms. The molecule has 0 atom stereocenters. The quantitative estimate of drug-likeness (QED) is 0.176. The Balaban J connectivity index is 1.34. The number of amides is 1. The van der Waals surface area contributed by atoms with Crippen molar-refractivity contribution in [1.82, 2.24) is 15.4 Å². The zero-order valence-corrected chi connectivity index (χ0v) is 20.4. The van der Waals surface area contributed by atoms with E-state index in [9.17, 15) is 18.0 Å². The smallest absolute Gasteiger partial charge is 0.416 e. The number of pyridine rings is 1. The molecule has 2 aromatic heterocycles. The molecule has 0 spiro atoms. The van der Waals surface area contributed by atoms with Gasteiger partial charge in [0.2, 0.25) is 0 Å². The van der Waals surface area contributed by atoms with Crippen molar-refractivity contribution in [2.75, 3.05) is 12.4 Å². The lowest BCUT2D eigenvalue weighted by Gasteiger charge is -2.13. The third kappa shape index (κ3) is 5.15. The summed E-state index contributed by atoms with van der Waals surface area (Å²) in [6.07, 6.45) is -3.30. The number of fused-ring (bicyclic) bond motifs is 2. The number of rotatable bonds is 6. The van der Waals surface area contributed by atoms with E-state index in [1.54, 1.807) is 13.2 Å². The lowest BCUT2D eigenvalue weighted by atomic mass is 10.1. The average Bonchev–Trinajstić information content (AvgIpc) is 3.32. The van der Waals surface area contributed by atoms with Gasteiger partial charge in [-0.15, -0.1) is 0 Å². The molecule has 2 heterocycles. The largest absolute Gasteiger partial charge is 0.494 e. The molecule has 3 N–H and O–H groups in total. The van der Waals surface area contributed by atoms with Crippen molar-refractivity contribution in [1.29, 1.82) is 0 Å². The molecule has 0 aliphatic heterocycles. The number of aromatic amines is 1. The van der Waals surface area contributed by atoms with Crippen LogP contribution in [0.5, 0.6) is 5.75 Å². The number of aromatic nitrogens is 2. The summed E-state index contributed by atoms with van der Waals surface area (Å²) < 4.78 is 44.1. The van der Waals surface area contributed by atoms with Crippen LogP contribution in [0.2, 0.25) is 0 Å². The highest BCUT2D eigenvalue weighted by Crippen LogP contribution is 2.33. The van der Waals surface area contributed by atoms with Gasteiger partial charge in [-0.25, -0.2) is 10.4 Å². The second kappa shape index (κ2) is 9.89. The molecule has 192 valence electrons. The summed E-state index contributed by atoms with van der Waals surface area (Å²) in [6, 6.07) is 19.6. The molecular weight excluding hydrogens is 495 g/mol. The van der Waals surface area contributed by atoms with Crippen molar-refractivity contribution in [3.8, 4) is 5.75 Å². The predicted octanol–water partition coefficient (Wildman–Crippen LogP) is 6.56. The van der Waals surface area contributed by atoms with E-state index in [0.29, 0.717) is 5.75 Å². The standard InChI is InChI=1S/C28H22F3N5O2/c1-16-11-23(21-7-4-8-25(38-2)26(21)33-16)34-20-9-10-22-18(13-20)14-24(35-22)27(37)36-32-15-17-5-3-6-19(12-17)28(29,30)31/h3-15,35H,1-2H3,(H,33,34)(H,36,37)/b32-15+. The molecule has 0 bridgehead atoms. The molecule has 5 aromatic rings. The van der Waals surface area contributed by atoms with Gasteiger partial charge in [0.25, 0.3) is 5.91 Å². The van der Waals surface area contributed by atoms with Crippen molar-refractivity contribution < 1.29 is 22.7 Å². The number of para-hydroxylation sites is 1. The number of ether oxygens (including phenoxy) is 1. The fourth-order valence-corrected chi connectivity index (χ4v) is 4.13. The maximum absolute atomic E-state index is 12.9. The Morgan fingerprint density at radius 3 is 2.66 bits per heavy atom. The summed E-state index contributed by atoms with van der Waals surface area (Å²) in [5.41, 5.74) is 6.01. The molecule has 0 unspecified atom stereocenters. The van der Waals surface area contributed by atoms with Gasteiger partial charge in [0.05, 0.1) is 18.9 Å². The number of H-pyrrole nitrogens is 1. The SMILES string of the molecule is COc1cccc2c(Nc3ccc4[nH]c(C(=O)N/N=C/c5cccc(C(F)(F)F)c5)cc4c3)cc(C)nc12. The highest BCUT2D eigenvalue weighted by Gasteiger charge is 2.30. The lowest BCUT2D eigenvalue weighted by Crippen LogP contribution is -2.17. The summed E-state index contributed by atoms with van der Waals surface area (Å²) in [5.74, 6) is 0.156. The van der Waals surface area contributed by atoms with Crippen LogP contribution in [0.15, 0.2) is 77.9 Å². The van der Waals surface area contributed by atoms with Crippen molar-refractivity contribution >= 4 is 45.3 Å². The van der Waals surface area contributed by atoms with Gasteiger partial charge >= 0.3 is 6.18 Å². The molecule has 0 saturated heterocycles. The second-order valence-corrected chi connectivity index (χ2v) is 8.60. The summed E-state index contributed by atoms with van der Waals surface area (Å²) >= 11 is 0. The van der Waals surface area contributed by atoms with Gasteiger partial charge in [0, 0.05) is 33.4 Å². The third-order valence-electron chi connectivity index (χ3n) is 5.89. The molecule has 0 radical (unpaired) electrons. The van der Waals surface area contributed by atoms with E-state index in [1.807, 2.05) is 49.4 Å². The fourth-order valence-electron chi connectivity index (χ4n) is 4.13. The van der Waals surface area contributed by atoms with Crippen LogP contribution >= 0.6 is 0 Å². The summed E-state index contributed by atoms with van der Waals surface area (Å²) in [6.45, 7) is 1.91. The topological polar surface area (TPSA) is 91.4 Å². The molecule has 7 nitrogen and oxygen atoms in total. The first kappa shape index (κ1) is 24.8. The Bertz CT molecular complexity index is 1690. The Morgan fingerprint density at radius 1 is 1.05 bits per heavy atom. The van der Waals surface area contributed by atoms with Crippen molar-refractivity contribution in [3.63, 3.8) is 0 Å². The van der Waals surface area contributed by atoms with Crippen LogP contribution in [0.3, 0.4) is 0 Å². The first-order valence-corrected chi connectivity index (χ1v) is 11.6. The normalized spacial score (nSPS) is 11.8. The maximum Gasteiger partial charge on any atom is 0.416 e. The number of carbonyl (C=O) groups is 1. The minimum Gasteiger partial charge on any atom is -0.494 e. The third-order valence-corrected chi connectivity index (χ3v) is 5.89. The monoisotopic (exact) mass is 517 g/mol. The first-order valence-electron chi connectivity index (χ1n) is 11.6. The lowest BCUT2D eigenvalue weighted by molar-refractivity contribution is -0.137. The zero-order chi connectivity index (χ0) is 26.9. The molecule has 1 amide bonds. The fraction of sp³-hybridized carbons (Fsp3) is 0.107. The van der Waals surface area contributed by atoms with E-state index < -0.39 is 17.6 Å². The number of hydrogen-bond acceptors (Lipinski definition) is 5. The number of benzene rings is 3. The zero-order valence-electron chi connectivity index (χ0n) is 20.4. The molecule has 5 rings (SSSR count). The number of nitrogens with one attached hydrogen (secondary N) is 3. The Morgan fingerprint density at radius 2 is 1.87 bits per heavy atom. The van der Waals surface area contributed by atoms with Crippen LogP contribution in [0.1, 0.15) is 27.3 Å². The van der Waals surface area contributed by atoms with Crippen molar-refractivity contribution in [3.05, 3.63) is 95.3 Å². The van der Waals surface area contributed by atoms with Gasteiger partial charge in [0.1, 0.15) is 17.0 Å². The molecular formula is C28H22F3N5O2. The molecule has 0 aliphatic rings. The Hall–Kier alpha value is -4.86. The number of anilines is 2. The molecule has 0 fully saturated rings. The number of alkyl halides is 3. The van der Waals surface area contributed by atoms with E-state index in [-0.39, 0.29) is 11.3 Å². The molecule has 0 saturated carbocycles. The van der Waals surface area contributed by atoms with E-state index in [0.717, 1.165) is 57.2 Å². The van der Waals surface area contributed by atoms with Gasteiger partial charge in [-0.3, -0.25) is 4.79 Å². The van der Waals surface area contributed by atoms with Gasteiger partial charge in [0.15, 0.2) is 0 Å². The van der Waals surface area contributed by atoms with Crippen LogP contribution in [0, 0.1) is 6.92 Å². The number of aryl methyl sites for hydroxylation is 1. The van der Waals surface area contributed by atoms with Gasteiger partial charge in [-0.2, -0.15) is 18.3 Å². The number of hydrogen-bond donors (Lipinski definition) is 3. The summed E-state index contributed by atoms with van der Waals surface area (Å²) in [5, 5.41) is 8.91. The number of halogens is 3. The minimum absolute atomic E-state index is 0.212. The van der Waals surface area contributed by atoms with Crippen LogP contribution in [-0.4, -0.2) is 29.2 Å². The van der Waals surface area contributed by atoms with Gasteiger partial charge in [-0.05, 0) is 61.0 Å². The van der Waals surface area contributed by atoms with Gasteiger partial charge < -0.3 is 15.0 Å². The summed E-state index contributed by atoms with van der Waals surface area (Å²) in [4.78, 5) is 20.2. The van der Waals surface area contributed by atoms with Crippen LogP contribution < -0.4 is 15.5 Å². The van der Waals surface area contributed by atoms with E-state index in [4.69, 9.17) is 4.74 Å². The Labute approximate surface area is 215 Å². The first-order chi connectivity index (χ1) is 18.2. The van der Waals surface area contributed by atoms with Crippen LogP contribution in [0.25, 0.3) is 21.8 Å². The predicted molar refractivity (Wildman–Crippen MR) is 141 cm³/mol. The molecule has 38 heavy (non-hydrogen) atoms. The second-order valence-electron chi connectivity index (χ2n) is 8.60. The Kier molecular flexibility index (Phi) is 6.46. The van der Waals surface area contributed by atoms with Crippen molar-refractivity contribution in [2.24, 2.45) is 5.10 Å². The van der Waals surface area contributed by atoms with Crippen molar-refractivity contribution in [2.45, 2.75) is 13.1 Å².